The van der Waals surface area contributed by atoms with Crippen LogP contribution < -0.4 is 5.32 Å². The number of nitrogens with zero attached hydrogens (tertiary/aromatic N) is 4. The van der Waals surface area contributed by atoms with Crippen molar-refractivity contribution in [2.24, 2.45) is 0 Å². The van der Waals surface area contributed by atoms with Gasteiger partial charge in [0.1, 0.15) is 12.6 Å². The molecule has 1 N–H and O–H groups in total. The number of tetrazole rings is 1. The van der Waals surface area contributed by atoms with E-state index in [4.69, 9.17) is 4.74 Å². The number of carbonyl (C=O) groups excluding carboxylic acids is 2. The van der Waals surface area contributed by atoms with Gasteiger partial charge in [0.25, 0.3) is 0 Å². The Morgan fingerprint density at radius 3 is 2.41 bits per heavy atom. The van der Waals surface area contributed by atoms with Gasteiger partial charge in [0.2, 0.25) is 11.7 Å². The third kappa shape index (κ3) is 4.97. The molecule has 1 heterocycles. The van der Waals surface area contributed by atoms with Crippen LogP contribution in [-0.2, 0) is 27.3 Å². The van der Waals surface area contributed by atoms with Crippen molar-refractivity contribution in [3.05, 3.63) is 66.2 Å². The average Bonchev–Trinajstić information content (AvgIpc) is 3.16. The van der Waals surface area contributed by atoms with E-state index in [2.05, 4.69) is 20.7 Å². The second-order valence-electron chi connectivity index (χ2n) is 5.84. The Bertz CT molecular complexity index is 896. The monoisotopic (exact) mass is 365 g/mol. The van der Waals surface area contributed by atoms with Crippen molar-refractivity contribution in [1.82, 2.24) is 25.5 Å². The third-order valence-corrected chi connectivity index (χ3v) is 3.87. The van der Waals surface area contributed by atoms with Crippen molar-refractivity contribution in [2.75, 3.05) is 7.11 Å². The van der Waals surface area contributed by atoms with Crippen molar-refractivity contribution < 1.29 is 14.3 Å². The highest BCUT2D eigenvalue weighted by molar-refractivity contribution is 5.84. The molecule has 2 aromatic carbocycles. The Morgan fingerprint density at radius 1 is 1.07 bits per heavy atom. The fraction of sp³-hybridized carbons (Fsp3) is 0.211. The number of carbonyl (C=O) groups is 2. The fourth-order valence-corrected chi connectivity index (χ4v) is 2.57. The second-order valence-corrected chi connectivity index (χ2v) is 5.84. The van der Waals surface area contributed by atoms with Gasteiger partial charge in [-0.3, -0.25) is 4.79 Å². The molecule has 0 aliphatic heterocycles. The first-order valence-corrected chi connectivity index (χ1v) is 8.40. The first-order valence-electron chi connectivity index (χ1n) is 8.40. The Morgan fingerprint density at radius 2 is 1.74 bits per heavy atom. The summed E-state index contributed by atoms with van der Waals surface area (Å²) in [5, 5.41) is 14.7. The molecule has 0 unspecified atom stereocenters. The average molecular weight is 365 g/mol. The molecule has 27 heavy (non-hydrogen) atoms. The molecule has 3 aromatic rings. The molecule has 0 fully saturated rings. The van der Waals surface area contributed by atoms with Crippen LogP contribution in [0.4, 0.5) is 0 Å². The molecule has 0 spiro atoms. The van der Waals surface area contributed by atoms with E-state index in [1.165, 1.54) is 11.9 Å². The molecule has 1 aromatic heterocycles. The number of esters is 1. The summed E-state index contributed by atoms with van der Waals surface area (Å²) in [4.78, 5) is 25.5. The van der Waals surface area contributed by atoms with Crippen LogP contribution in [0.3, 0.4) is 0 Å². The number of nitrogens with one attached hydrogen (secondary N) is 1. The molecular weight excluding hydrogens is 346 g/mol. The van der Waals surface area contributed by atoms with Gasteiger partial charge >= 0.3 is 5.97 Å². The molecule has 8 nitrogen and oxygen atoms in total. The zero-order valence-corrected chi connectivity index (χ0v) is 14.8. The largest absolute Gasteiger partial charge is 0.467 e. The maximum Gasteiger partial charge on any atom is 0.328 e. The summed E-state index contributed by atoms with van der Waals surface area (Å²) < 4.78 is 4.79. The fourth-order valence-electron chi connectivity index (χ4n) is 2.57. The highest BCUT2D eigenvalue weighted by Gasteiger charge is 2.22. The van der Waals surface area contributed by atoms with E-state index in [1.807, 2.05) is 60.7 Å². The van der Waals surface area contributed by atoms with Crippen LogP contribution in [-0.4, -0.2) is 45.2 Å². The number of ether oxygens (including phenoxy) is 1. The number of benzene rings is 2. The Balaban J connectivity index is 1.64. The number of hydrogen-bond acceptors (Lipinski definition) is 6. The molecule has 8 heteroatoms. The lowest BCUT2D eigenvalue weighted by Crippen LogP contribution is -2.44. The molecule has 0 aliphatic carbocycles. The summed E-state index contributed by atoms with van der Waals surface area (Å²) in [6, 6.07) is 17.9. The lowest BCUT2D eigenvalue weighted by Gasteiger charge is -2.16. The minimum absolute atomic E-state index is 0.151. The van der Waals surface area contributed by atoms with Crippen LogP contribution in [0.5, 0.6) is 0 Å². The number of amides is 1. The summed E-state index contributed by atoms with van der Waals surface area (Å²) in [6.45, 7) is -0.151. The number of methoxy groups -OCH3 is 1. The van der Waals surface area contributed by atoms with Gasteiger partial charge in [0.05, 0.1) is 7.11 Å². The quantitative estimate of drug-likeness (QED) is 0.633. The topological polar surface area (TPSA) is 99.0 Å². The maximum absolute atomic E-state index is 12.3. The van der Waals surface area contributed by atoms with Crippen LogP contribution >= 0.6 is 0 Å². The summed E-state index contributed by atoms with van der Waals surface area (Å²) in [6.07, 6.45) is 0.333. The molecule has 0 saturated carbocycles. The van der Waals surface area contributed by atoms with Gasteiger partial charge in [-0.2, -0.15) is 4.80 Å². The molecule has 0 saturated heterocycles. The minimum Gasteiger partial charge on any atom is -0.467 e. The van der Waals surface area contributed by atoms with Crippen molar-refractivity contribution in [3.63, 3.8) is 0 Å². The lowest BCUT2D eigenvalue weighted by atomic mass is 10.1. The van der Waals surface area contributed by atoms with E-state index in [9.17, 15) is 9.59 Å². The van der Waals surface area contributed by atoms with E-state index < -0.39 is 17.9 Å². The predicted molar refractivity (Wildman–Crippen MR) is 97.3 cm³/mol. The van der Waals surface area contributed by atoms with Gasteiger partial charge in [0.15, 0.2) is 0 Å². The minimum atomic E-state index is -0.790. The van der Waals surface area contributed by atoms with Crippen molar-refractivity contribution in [1.29, 1.82) is 0 Å². The molecule has 1 atom stereocenters. The molecule has 1 amide bonds. The van der Waals surface area contributed by atoms with Crippen LogP contribution in [0.1, 0.15) is 5.56 Å². The van der Waals surface area contributed by atoms with Crippen LogP contribution in [0.2, 0.25) is 0 Å². The molecule has 0 radical (unpaired) electrons. The normalized spacial score (nSPS) is 11.6. The summed E-state index contributed by atoms with van der Waals surface area (Å²) in [5.74, 6) is -0.487. The summed E-state index contributed by atoms with van der Waals surface area (Å²) >= 11 is 0. The Hall–Kier alpha value is -3.55. The number of rotatable bonds is 7. The smallest absolute Gasteiger partial charge is 0.328 e. The first kappa shape index (κ1) is 18.2. The van der Waals surface area contributed by atoms with Gasteiger partial charge < -0.3 is 10.1 Å². The SMILES string of the molecule is COC(=O)[C@@H](Cc1ccccc1)NC(=O)Cn1nnc(-c2ccccc2)n1. The summed E-state index contributed by atoms with van der Waals surface area (Å²) in [5.41, 5.74) is 1.72. The van der Waals surface area contributed by atoms with E-state index in [1.54, 1.807) is 0 Å². The zero-order chi connectivity index (χ0) is 19.1. The van der Waals surface area contributed by atoms with Crippen molar-refractivity contribution >= 4 is 11.9 Å². The second kappa shape index (κ2) is 8.70. The Labute approximate surface area is 156 Å². The van der Waals surface area contributed by atoms with Crippen LogP contribution in [0.25, 0.3) is 11.4 Å². The maximum atomic E-state index is 12.3. The van der Waals surface area contributed by atoms with Gasteiger partial charge in [-0.1, -0.05) is 60.7 Å². The highest BCUT2D eigenvalue weighted by Crippen LogP contribution is 2.11. The number of hydrogen-bond donors (Lipinski definition) is 1. The third-order valence-electron chi connectivity index (χ3n) is 3.87. The standard InChI is InChI=1S/C19H19N5O3/c1-27-19(26)16(12-14-8-4-2-5-9-14)20-17(25)13-24-22-18(21-23-24)15-10-6-3-7-11-15/h2-11,16H,12-13H2,1H3,(H,20,25)/t16-/m1/s1. The summed E-state index contributed by atoms with van der Waals surface area (Å²) in [7, 11) is 1.29. The van der Waals surface area contributed by atoms with Gasteiger partial charge in [-0.05, 0) is 10.8 Å². The molecule has 0 aliphatic rings. The molecule has 0 bridgehead atoms. The van der Waals surface area contributed by atoms with Crippen LogP contribution in [0, 0.1) is 0 Å². The molecular formula is C19H19N5O3. The predicted octanol–water partition coefficient (Wildman–Crippen LogP) is 1.24. The van der Waals surface area contributed by atoms with E-state index >= 15 is 0 Å². The van der Waals surface area contributed by atoms with Gasteiger partial charge in [-0.25, -0.2) is 4.79 Å². The van der Waals surface area contributed by atoms with Crippen molar-refractivity contribution in [3.8, 4) is 11.4 Å². The lowest BCUT2D eigenvalue weighted by molar-refractivity contribution is -0.145. The Kier molecular flexibility index (Phi) is 5.88. The van der Waals surface area contributed by atoms with Gasteiger partial charge in [0, 0.05) is 12.0 Å². The van der Waals surface area contributed by atoms with Gasteiger partial charge in [-0.15, -0.1) is 10.2 Å². The number of aromatic nitrogens is 4. The van der Waals surface area contributed by atoms with Crippen molar-refractivity contribution in [2.45, 2.75) is 19.0 Å². The van der Waals surface area contributed by atoms with E-state index in [0.29, 0.717) is 12.2 Å². The highest BCUT2D eigenvalue weighted by atomic mass is 16.5. The first-order chi connectivity index (χ1) is 13.2. The van der Waals surface area contributed by atoms with E-state index in [-0.39, 0.29) is 6.54 Å². The van der Waals surface area contributed by atoms with E-state index in [0.717, 1.165) is 11.1 Å². The zero-order valence-electron chi connectivity index (χ0n) is 14.8. The van der Waals surface area contributed by atoms with Crippen LogP contribution in [0.15, 0.2) is 60.7 Å². The molecule has 138 valence electrons. The molecule has 3 rings (SSSR count).